The van der Waals surface area contributed by atoms with Crippen molar-refractivity contribution in [1.82, 2.24) is 5.32 Å². The van der Waals surface area contributed by atoms with Crippen molar-refractivity contribution in [1.29, 1.82) is 0 Å². The number of amides is 1. The normalized spacial score (nSPS) is 13.9. The summed E-state index contributed by atoms with van der Waals surface area (Å²) in [6.07, 6.45) is 69.9. The van der Waals surface area contributed by atoms with Crippen LogP contribution in [-0.2, 0) is 18.4 Å². The van der Waals surface area contributed by atoms with Crippen molar-refractivity contribution in [3.05, 3.63) is 24.3 Å². The Kier molecular flexibility index (Phi) is 54.0. The predicted octanol–water partition coefficient (Wildman–Crippen LogP) is 18.9. The first-order valence-corrected chi connectivity index (χ1v) is 33.2. The number of rotatable bonds is 59. The molecule has 0 rings (SSSR count). The molecule has 0 heterocycles. The van der Waals surface area contributed by atoms with Gasteiger partial charge in [-0.05, 0) is 32.1 Å². The molecule has 0 aliphatic rings. The number of nitrogens with zero attached hydrogens (tertiary/aromatic N) is 1. The summed E-state index contributed by atoms with van der Waals surface area (Å²) in [5, 5.41) is 13.9. The fourth-order valence-electron chi connectivity index (χ4n) is 9.70. The molecule has 0 fully saturated rings. The molecule has 1 amide bonds. The summed E-state index contributed by atoms with van der Waals surface area (Å²) >= 11 is 0. The van der Waals surface area contributed by atoms with Gasteiger partial charge in [0.15, 0.2) is 0 Å². The van der Waals surface area contributed by atoms with Gasteiger partial charge in [-0.3, -0.25) is 9.36 Å². The number of likely N-dealkylation sites (N-methyl/N-ethyl adjacent to an activating group) is 1. The third-order valence-corrected chi connectivity index (χ3v) is 15.6. The summed E-state index contributed by atoms with van der Waals surface area (Å²) in [4.78, 5) is 25.6. The molecule has 0 aromatic carbocycles. The maximum absolute atomic E-state index is 13.0. The van der Waals surface area contributed by atoms with Crippen molar-refractivity contribution in [2.24, 2.45) is 0 Å². The van der Waals surface area contributed by atoms with Gasteiger partial charge < -0.3 is 28.8 Å². The van der Waals surface area contributed by atoms with Crippen LogP contribution in [-0.4, -0.2) is 68.5 Å². The number of nitrogens with one attached hydrogen (secondary N) is 1. The van der Waals surface area contributed by atoms with Crippen LogP contribution in [0.1, 0.15) is 322 Å². The number of hydrogen-bond acceptors (Lipinski definition) is 6. The number of phosphoric acid groups is 1. The molecule has 3 atom stereocenters. The van der Waals surface area contributed by atoms with Gasteiger partial charge in [0.05, 0.1) is 39.9 Å². The first-order chi connectivity index (χ1) is 35.0. The first kappa shape index (κ1) is 71.0. The molecule has 8 nitrogen and oxygen atoms in total. The fraction of sp³-hybridized carbons (Fsp3) is 0.921. The summed E-state index contributed by atoms with van der Waals surface area (Å²) in [6, 6.07) is -0.901. The number of unbranched alkanes of at least 4 members (excludes halogenated alkanes) is 44. The zero-order valence-corrected chi connectivity index (χ0v) is 49.8. The molecule has 428 valence electrons. The van der Waals surface area contributed by atoms with Crippen LogP contribution in [0.15, 0.2) is 24.3 Å². The predicted molar refractivity (Wildman–Crippen MR) is 312 cm³/mol. The van der Waals surface area contributed by atoms with E-state index in [4.69, 9.17) is 9.05 Å². The summed E-state index contributed by atoms with van der Waals surface area (Å²) < 4.78 is 23.4. The Morgan fingerprint density at radius 2 is 0.778 bits per heavy atom. The van der Waals surface area contributed by atoms with Crippen LogP contribution in [0.4, 0.5) is 0 Å². The van der Waals surface area contributed by atoms with Crippen LogP contribution in [0.3, 0.4) is 0 Å². The van der Waals surface area contributed by atoms with E-state index in [1.54, 1.807) is 6.08 Å². The van der Waals surface area contributed by atoms with E-state index in [-0.39, 0.29) is 19.1 Å². The van der Waals surface area contributed by atoms with Gasteiger partial charge in [0.2, 0.25) is 5.91 Å². The summed E-state index contributed by atoms with van der Waals surface area (Å²) in [7, 11) is 1.26. The van der Waals surface area contributed by atoms with E-state index in [1.807, 2.05) is 27.2 Å². The van der Waals surface area contributed by atoms with E-state index in [9.17, 15) is 19.4 Å². The molecule has 0 radical (unpaired) electrons. The van der Waals surface area contributed by atoms with Crippen LogP contribution < -0.4 is 10.2 Å². The number of quaternary nitrogens is 1. The lowest BCUT2D eigenvalue weighted by molar-refractivity contribution is -0.870. The molecule has 9 heteroatoms. The van der Waals surface area contributed by atoms with E-state index in [1.165, 1.54) is 263 Å². The number of phosphoric ester groups is 1. The van der Waals surface area contributed by atoms with Gasteiger partial charge in [-0.2, -0.15) is 0 Å². The van der Waals surface area contributed by atoms with E-state index in [0.717, 1.165) is 38.5 Å². The Hall–Kier alpha value is -1.02. The number of carbonyl (C=O) groups is 1. The van der Waals surface area contributed by atoms with E-state index in [0.29, 0.717) is 17.4 Å². The van der Waals surface area contributed by atoms with Gasteiger partial charge >= 0.3 is 0 Å². The Morgan fingerprint density at radius 3 is 1.12 bits per heavy atom. The Labute approximate surface area is 449 Å². The SMILES string of the molecule is CCCCCCCCCCCCCCCCCCCC/C=C/CC/C=C/C(O)C(COP(=O)([O-])OCC[N+](C)(C)C)NC(=O)CCCCCCCCCCCCCCCCCCCCCCCCCCCC. The highest BCUT2D eigenvalue weighted by Gasteiger charge is 2.23. The average Bonchev–Trinajstić information content (AvgIpc) is 3.34. The van der Waals surface area contributed by atoms with Gasteiger partial charge in [-0.1, -0.05) is 308 Å². The highest BCUT2D eigenvalue weighted by molar-refractivity contribution is 7.45. The van der Waals surface area contributed by atoms with Crippen molar-refractivity contribution in [2.45, 2.75) is 334 Å². The number of aliphatic hydroxyl groups is 1. The molecular formula is C63H125N2O6P. The van der Waals surface area contributed by atoms with Crippen LogP contribution in [0, 0.1) is 0 Å². The summed E-state index contributed by atoms with van der Waals surface area (Å²) in [6.45, 7) is 4.69. The lowest BCUT2D eigenvalue weighted by atomic mass is 10.0. The topological polar surface area (TPSA) is 108 Å². The molecule has 0 aliphatic heterocycles. The Bertz CT molecular complexity index is 1220. The molecular weight excluding hydrogens is 912 g/mol. The molecule has 0 spiro atoms. The van der Waals surface area contributed by atoms with E-state index >= 15 is 0 Å². The lowest BCUT2D eigenvalue weighted by Crippen LogP contribution is -2.45. The fourth-order valence-corrected chi connectivity index (χ4v) is 10.4. The largest absolute Gasteiger partial charge is 0.756 e. The van der Waals surface area contributed by atoms with Gasteiger partial charge in [-0.25, -0.2) is 0 Å². The molecule has 0 saturated heterocycles. The second-order valence-electron chi connectivity index (χ2n) is 23.1. The third kappa shape index (κ3) is 56.7. The van der Waals surface area contributed by atoms with Crippen molar-refractivity contribution in [3.8, 4) is 0 Å². The number of hydrogen-bond donors (Lipinski definition) is 2. The van der Waals surface area contributed by atoms with E-state index in [2.05, 4.69) is 31.3 Å². The van der Waals surface area contributed by atoms with Crippen molar-refractivity contribution in [2.75, 3.05) is 40.9 Å². The van der Waals surface area contributed by atoms with Crippen molar-refractivity contribution >= 4 is 13.7 Å². The smallest absolute Gasteiger partial charge is 0.268 e. The highest BCUT2D eigenvalue weighted by atomic mass is 31.2. The molecule has 0 aromatic rings. The van der Waals surface area contributed by atoms with Crippen molar-refractivity contribution in [3.63, 3.8) is 0 Å². The van der Waals surface area contributed by atoms with Crippen molar-refractivity contribution < 1.29 is 32.9 Å². The van der Waals surface area contributed by atoms with Crippen LogP contribution in [0.2, 0.25) is 0 Å². The first-order valence-electron chi connectivity index (χ1n) is 31.7. The van der Waals surface area contributed by atoms with Gasteiger partial charge in [0.25, 0.3) is 7.82 Å². The zero-order valence-electron chi connectivity index (χ0n) is 48.9. The second-order valence-corrected chi connectivity index (χ2v) is 24.5. The minimum Gasteiger partial charge on any atom is -0.756 e. The number of aliphatic hydroxyl groups excluding tert-OH is 1. The lowest BCUT2D eigenvalue weighted by Gasteiger charge is -2.29. The maximum Gasteiger partial charge on any atom is 0.268 e. The van der Waals surface area contributed by atoms with Crippen LogP contribution >= 0.6 is 7.82 Å². The molecule has 3 unspecified atom stereocenters. The minimum absolute atomic E-state index is 0.00355. The monoisotopic (exact) mass is 1040 g/mol. The number of allylic oxidation sites excluding steroid dienone is 3. The van der Waals surface area contributed by atoms with E-state index < -0.39 is 20.0 Å². The molecule has 0 aromatic heterocycles. The van der Waals surface area contributed by atoms with Gasteiger partial charge in [-0.15, -0.1) is 0 Å². The molecule has 0 bridgehead atoms. The summed E-state index contributed by atoms with van der Waals surface area (Å²) in [5.41, 5.74) is 0. The van der Waals surface area contributed by atoms with Crippen LogP contribution in [0.5, 0.6) is 0 Å². The maximum atomic E-state index is 13.0. The Balaban J connectivity index is 4.15. The minimum atomic E-state index is -4.60. The molecule has 72 heavy (non-hydrogen) atoms. The molecule has 0 aliphatic carbocycles. The Morgan fingerprint density at radius 1 is 0.472 bits per heavy atom. The van der Waals surface area contributed by atoms with Gasteiger partial charge in [0, 0.05) is 6.42 Å². The highest BCUT2D eigenvalue weighted by Crippen LogP contribution is 2.38. The molecule has 0 saturated carbocycles. The van der Waals surface area contributed by atoms with Crippen LogP contribution in [0.25, 0.3) is 0 Å². The third-order valence-electron chi connectivity index (χ3n) is 14.7. The number of carbonyl (C=O) groups excluding carboxylic acids is 1. The quantitative estimate of drug-likeness (QED) is 0.0272. The zero-order chi connectivity index (χ0) is 52.7. The summed E-state index contributed by atoms with van der Waals surface area (Å²) in [5.74, 6) is -0.199. The second kappa shape index (κ2) is 54.8. The average molecular weight is 1040 g/mol. The standard InChI is InChI=1S/C63H125N2O6P/c1-6-8-10-12-14-16-18-20-22-24-26-28-30-32-33-35-37-39-41-43-45-47-49-51-53-55-57-63(67)64-61(60-71-72(68,69)70-59-58-65(3,4)5)62(66)56-54-52-50-48-46-44-42-40-38-36-34-31-29-27-25-23-21-19-17-15-13-11-9-7-2/h46,48,54,56,61-62,66H,6-45,47,49-53,55,57-60H2,1-5H3,(H-,64,67,68,69)/b48-46+,56-54+. The van der Waals surface area contributed by atoms with Gasteiger partial charge in [0.1, 0.15) is 13.2 Å². The molecule has 2 N–H and O–H groups in total.